The summed E-state index contributed by atoms with van der Waals surface area (Å²) >= 11 is 3.11. The molecule has 5 aromatic rings. The number of aryl methyl sites for hydroxylation is 1. The molecule has 0 N–H and O–H groups in total. The van der Waals surface area contributed by atoms with Crippen molar-refractivity contribution in [1.82, 2.24) is 0 Å². The maximum Gasteiger partial charge on any atom is 0.132 e. The number of allylic oxidation sites excluding steroid dienone is 4. The minimum absolute atomic E-state index is 0.155. The van der Waals surface area contributed by atoms with Crippen molar-refractivity contribution in [3.05, 3.63) is 148 Å². The highest BCUT2D eigenvalue weighted by Gasteiger charge is 2.12. The number of hydrogen-bond acceptors (Lipinski definition) is 2. The second-order valence-electron chi connectivity index (χ2n) is 10.3. The van der Waals surface area contributed by atoms with Crippen LogP contribution in [-0.2, 0) is 0 Å². The third-order valence-corrected chi connectivity index (χ3v) is 9.47. The molecule has 42 heavy (non-hydrogen) atoms. The first-order chi connectivity index (χ1) is 20.3. The molecule has 210 valence electrons. The third-order valence-electron chi connectivity index (χ3n) is 7.24. The first-order valence-corrected chi connectivity index (χ1v) is 15.5. The summed E-state index contributed by atoms with van der Waals surface area (Å²) in [6, 6.07) is 26.9. The molecule has 0 radical (unpaired) electrons. The zero-order valence-corrected chi connectivity index (χ0v) is 25.4. The van der Waals surface area contributed by atoms with E-state index in [1.54, 1.807) is 47.0 Å². The van der Waals surface area contributed by atoms with E-state index in [4.69, 9.17) is 0 Å². The fourth-order valence-corrected chi connectivity index (χ4v) is 6.52. The molecule has 0 fully saturated rings. The predicted molar refractivity (Wildman–Crippen MR) is 181 cm³/mol. The van der Waals surface area contributed by atoms with Crippen molar-refractivity contribution in [3.63, 3.8) is 0 Å². The molecule has 2 heterocycles. The summed E-state index contributed by atoms with van der Waals surface area (Å²) in [7, 11) is 0. The van der Waals surface area contributed by atoms with Crippen molar-refractivity contribution in [2.75, 3.05) is 0 Å². The Kier molecular flexibility index (Phi) is 9.26. The second kappa shape index (κ2) is 13.2. The summed E-state index contributed by atoms with van der Waals surface area (Å²) in [5.74, 6) is -0.345. The lowest BCUT2D eigenvalue weighted by atomic mass is 9.93. The first-order valence-electron chi connectivity index (χ1n) is 13.8. The Labute approximate surface area is 255 Å². The standard InChI is InChI=1S/C19H17FS.C19H15FS/c2*1-3-16-9-11-19(21-16)17-10-8-15(12-18(17)20)14-6-4-13(2)5-7-14/h3-4,6,8-12H,1,5,7H2,2H3;3-12H,1H2,2H3. The Hall–Kier alpha value is -4.12. The van der Waals surface area contributed by atoms with Gasteiger partial charge in [0.15, 0.2) is 0 Å². The lowest BCUT2D eigenvalue weighted by Gasteiger charge is -2.13. The second-order valence-corrected chi connectivity index (χ2v) is 12.5. The van der Waals surface area contributed by atoms with Gasteiger partial charge in [-0.2, -0.15) is 0 Å². The molecule has 0 nitrogen and oxygen atoms in total. The van der Waals surface area contributed by atoms with Gasteiger partial charge in [0.1, 0.15) is 11.6 Å². The maximum absolute atomic E-state index is 14.4. The smallest absolute Gasteiger partial charge is 0.132 e. The molecule has 0 unspecified atom stereocenters. The largest absolute Gasteiger partial charge is 0.206 e. The molecule has 3 aromatic carbocycles. The molecule has 0 aliphatic heterocycles. The van der Waals surface area contributed by atoms with Gasteiger partial charge >= 0.3 is 0 Å². The fourth-order valence-electron chi connectivity index (χ4n) is 4.75. The van der Waals surface area contributed by atoms with Crippen molar-refractivity contribution in [1.29, 1.82) is 0 Å². The van der Waals surface area contributed by atoms with Crippen LogP contribution in [0.4, 0.5) is 8.78 Å². The summed E-state index contributed by atoms with van der Waals surface area (Å²) in [6.45, 7) is 11.7. The zero-order valence-electron chi connectivity index (χ0n) is 23.8. The highest BCUT2D eigenvalue weighted by Crippen LogP contribution is 2.35. The lowest BCUT2D eigenvalue weighted by molar-refractivity contribution is 0.631. The first kappa shape index (κ1) is 29.4. The molecular weight excluding hydrogens is 559 g/mol. The van der Waals surface area contributed by atoms with Crippen molar-refractivity contribution < 1.29 is 8.78 Å². The van der Waals surface area contributed by atoms with Gasteiger partial charge in [-0.15, -0.1) is 22.7 Å². The van der Waals surface area contributed by atoms with Gasteiger partial charge in [0.05, 0.1) is 0 Å². The van der Waals surface area contributed by atoms with Crippen molar-refractivity contribution >= 4 is 40.4 Å². The van der Waals surface area contributed by atoms with Crippen LogP contribution in [0.3, 0.4) is 0 Å². The summed E-state index contributed by atoms with van der Waals surface area (Å²) in [6.07, 6.45) is 9.85. The lowest BCUT2D eigenvalue weighted by Crippen LogP contribution is -1.93. The predicted octanol–water partition coefficient (Wildman–Crippen LogP) is 12.5. The molecule has 1 aliphatic carbocycles. The molecule has 6 rings (SSSR count). The molecule has 0 saturated heterocycles. The van der Waals surface area contributed by atoms with Crippen LogP contribution in [0.15, 0.2) is 116 Å². The fraction of sp³-hybridized carbons (Fsp3) is 0.105. The van der Waals surface area contributed by atoms with Crippen LogP contribution in [-0.4, -0.2) is 0 Å². The van der Waals surface area contributed by atoms with Gasteiger partial charge in [0.25, 0.3) is 0 Å². The SMILES string of the molecule is C=Cc1ccc(-c2ccc(-c3ccc(C)cc3)cc2F)s1.C=Cc1ccc(-c2ccc(C3=CC=C(C)CC3)cc2F)s1. The Bertz CT molecular complexity index is 1800. The van der Waals surface area contributed by atoms with Crippen LogP contribution >= 0.6 is 22.7 Å². The van der Waals surface area contributed by atoms with Crippen molar-refractivity contribution in [2.45, 2.75) is 26.7 Å². The van der Waals surface area contributed by atoms with Crippen molar-refractivity contribution in [2.24, 2.45) is 0 Å². The van der Waals surface area contributed by atoms with Gasteiger partial charge < -0.3 is 0 Å². The molecule has 2 aromatic heterocycles. The van der Waals surface area contributed by atoms with E-state index in [0.29, 0.717) is 11.1 Å². The summed E-state index contributed by atoms with van der Waals surface area (Å²) < 4.78 is 28.8. The van der Waals surface area contributed by atoms with Crippen LogP contribution in [0.1, 0.15) is 40.6 Å². The Balaban J connectivity index is 0.000000168. The molecule has 1 aliphatic rings. The monoisotopic (exact) mass is 590 g/mol. The van der Waals surface area contributed by atoms with E-state index >= 15 is 0 Å². The van der Waals surface area contributed by atoms with Gasteiger partial charge in [0, 0.05) is 30.6 Å². The molecule has 0 amide bonds. The molecular formula is C38H32F2S2. The van der Waals surface area contributed by atoms with Crippen LogP contribution in [0.25, 0.3) is 49.7 Å². The van der Waals surface area contributed by atoms with Crippen LogP contribution < -0.4 is 0 Å². The summed E-state index contributed by atoms with van der Waals surface area (Å²) in [5, 5.41) is 0. The molecule has 0 atom stereocenters. The number of hydrogen-bond donors (Lipinski definition) is 0. The average molecular weight is 591 g/mol. The van der Waals surface area contributed by atoms with E-state index in [1.807, 2.05) is 79.7 Å². The van der Waals surface area contributed by atoms with Gasteiger partial charge in [0.2, 0.25) is 0 Å². The number of rotatable bonds is 6. The normalized spacial score (nSPS) is 12.6. The van der Waals surface area contributed by atoms with E-state index < -0.39 is 0 Å². The average Bonchev–Trinajstić information content (AvgIpc) is 3.68. The Morgan fingerprint density at radius 3 is 1.60 bits per heavy atom. The van der Waals surface area contributed by atoms with E-state index in [1.165, 1.54) is 16.7 Å². The number of benzene rings is 3. The maximum atomic E-state index is 14.4. The molecule has 0 saturated carbocycles. The van der Waals surface area contributed by atoms with E-state index in [2.05, 4.69) is 32.2 Å². The van der Waals surface area contributed by atoms with Gasteiger partial charge in [-0.25, -0.2) is 8.78 Å². The van der Waals surface area contributed by atoms with Crippen molar-refractivity contribution in [3.8, 4) is 32.0 Å². The quantitative estimate of drug-likeness (QED) is 0.184. The summed E-state index contributed by atoms with van der Waals surface area (Å²) in [5.41, 5.74) is 8.02. The topological polar surface area (TPSA) is 0 Å². The zero-order chi connectivity index (χ0) is 29.6. The minimum Gasteiger partial charge on any atom is -0.206 e. The molecule has 0 spiro atoms. The Morgan fingerprint density at radius 2 is 1.12 bits per heavy atom. The van der Waals surface area contributed by atoms with Gasteiger partial charge in [-0.1, -0.05) is 91.1 Å². The molecule has 4 heteroatoms. The summed E-state index contributed by atoms with van der Waals surface area (Å²) in [4.78, 5) is 3.98. The Morgan fingerprint density at radius 1 is 0.595 bits per heavy atom. The van der Waals surface area contributed by atoms with Crippen LogP contribution in [0.2, 0.25) is 0 Å². The van der Waals surface area contributed by atoms with Gasteiger partial charge in [-0.3, -0.25) is 0 Å². The molecule has 0 bridgehead atoms. The van der Waals surface area contributed by atoms with Gasteiger partial charge in [-0.05, 0) is 91.4 Å². The highest BCUT2D eigenvalue weighted by molar-refractivity contribution is 7.16. The third kappa shape index (κ3) is 6.84. The number of thiophene rings is 2. The van der Waals surface area contributed by atoms with E-state index in [9.17, 15) is 8.78 Å². The highest BCUT2D eigenvalue weighted by atomic mass is 32.1. The van der Waals surface area contributed by atoms with Crippen LogP contribution in [0.5, 0.6) is 0 Å². The minimum atomic E-state index is -0.189. The number of halogens is 2. The van der Waals surface area contributed by atoms with Crippen LogP contribution in [0, 0.1) is 18.6 Å². The van der Waals surface area contributed by atoms with E-state index in [0.717, 1.165) is 49.0 Å². The van der Waals surface area contributed by atoms with E-state index in [-0.39, 0.29) is 11.6 Å².